The fraction of sp³-hybridized carbons (Fsp3) is 0.150. The molecule has 0 saturated heterocycles. The van der Waals surface area contributed by atoms with Crippen LogP contribution in [0.15, 0.2) is 60.8 Å². The van der Waals surface area contributed by atoms with Crippen molar-refractivity contribution < 1.29 is 14.3 Å². The lowest BCUT2D eigenvalue weighted by atomic mass is 10.2. The highest BCUT2D eigenvalue weighted by molar-refractivity contribution is 5.87. The Labute approximate surface area is 145 Å². The number of carbonyl (C=O) groups is 1. The SMILES string of the molecule is Cc1cccc(OCCOC(=O)/C=C/c2cnc3ccccc3n2)c1. The van der Waals surface area contributed by atoms with Crippen molar-refractivity contribution in [3.8, 4) is 5.75 Å². The maximum Gasteiger partial charge on any atom is 0.330 e. The van der Waals surface area contributed by atoms with Gasteiger partial charge in [0.1, 0.15) is 19.0 Å². The number of hydrogen-bond donors (Lipinski definition) is 0. The third-order valence-corrected chi connectivity index (χ3v) is 3.44. The number of aromatic nitrogens is 2. The molecule has 25 heavy (non-hydrogen) atoms. The van der Waals surface area contributed by atoms with Crippen molar-refractivity contribution in [1.29, 1.82) is 0 Å². The molecular weight excluding hydrogens is 316 g/mol. The molecule has 1 heterocycles. The Kier molecular flexibility index (Phi) is 5.36. The molecule has 126 valence electrons. The Hall–Kier alpha value is -3.21. The van der Waals surface area contributed by atoms with E-state index in [2.05, 4.69) is 9.97 Å². The highest BCUT2D eigenvalue weighted by Gasteiger charge is 2.00. The van der Waals surface area contributed by atoms with Crippen LogP contribution in [0.1, 0.15) is 11.3 Å². The van der Waals surface area contributed by atoms with Crippen LogP contribution in [0, 0.1) is 6.92 Å². The topological polar surface area (TPSA) is 61.3 Å². The molecule has 0 aliphatic carbocycles. The molecule has 0 radical (unpaired) electrons. The van der Waals surface area contributed by atoms with Crippen molar-refractivity contribution in [2.45, 2.75) is 6.92 Å². The van der Waals surface area contributed by atoms with Gasteiger partial charge in [0.25, 0.3) is 0 Å². The largest absolute Gasteiger partial charge is 0.490 e. The number of carbonyl (C=O) groups excluding carboxylic acids is 1. The first-order valence-electron chi connectivity index (χ1n) is 7.97. The van der Waals surface area contributed by atoms with E-state index in [4.69, 9.17) is 9.47 Å². The molecule has 5 nitrogen and oxygen atoms in total. The van der Waals surface area contributed by atoms with Crippen molar-refractivity contribution in [2.24, 2.45) is 0 Å². The molecule has 1 aromatic heterocycles. The van der Waals surface area contributed by atoms with E-state index in [1.165, 1.54) is 6.08 Å². The summed E-state index contributed by atoms with van der Waals surface area (Å²) < 4.78 is 10.6. The molecule has 0 atom stereocenters. The van der Waals surface area contributed by atoms with Gasteiger partial charge in [-0.1, -0.05) is 24.3 Å². The molecule has 5 heteroatoms. The van der Waals surface area contributed by atoms with Crippen LogP contribution in [-0.4, -0.2) is 29.2 Å². The summed E-state index contributed by atoms with van der Waals surface area (Å²) in [5.41, 5.74) is 3.32. The molecule has 0 aliphatic rings. The fourth-order valence-corrected chi connectivity index (χ4v) is 2.26. The summed E-state index contributed by atoms with van der Waals surface area (Å²) in [7, 11) is 0. The average molecular weight is 334 g/mol. The minimum absolute atomic E-state index is 0.181. The van der Waals surface area contributed by atoms with E-state index in [1.807, 2.05) is 55.5 Å². The predicted molar refractivity (Wildman–Crippen MR) is 96.2 cm³/mol. The van der Waals surface area contributed by atoms with Crippen molar-refractivity contribution in [1.82, 2.24) is 9.97 Å². The smallest absolute Gasteiger partial charge is 0.330 e. The Morgan fingerprint density at radius 3 is 2.76 bits per heavy atom. The molecule has 0 fully saturated rings. The number of para-hydroxylation sites is 2. The van der Waals surface area contributed by atoms with E-state index in [0.29, 0.717) is 12.3 Å². The van der Waals surface area contributed by atoms with Crippen LogP contribution in [0.25, 0.3) is 17.1 Å². The van der Waals surface area contributed by atoms with Gasteiger partial charge in [0.15, 0.2) is 0 Å². The average Bonchev–Trinajstić information content (AvgIpc) is 2.63. The van der Waals surface area contributed by atoms with Gasteiger partial charge >= 0.3 is 5.97 Å². The highest BCUT2D eigenvalue weighted by Crippen LogP contribution is 2.12. The van der Waals surface area contributed by atoms with Gasteiger partial charge in [-0.05, 0) is 42.8 Å². The lowest BCUT2D eigenvalue weighted by Crippen LogP contribution is -2.10. The van der Waals surface area contributed by atoms with Crippen LogP contribution in [-0.2, 0) is 9.53 Å². The second kappa shape index (κ2) is 8.06. The Balaban J connectivity index is 1.47. The number of fused-ring (bicyclic) bond motifs is 1. The van der Waals surface area contributed by atoms with E-state index < -0.39 is 5.97 Å². The monoisotopic (exact) mass is 334 g/mol. The number of rotatable bonds is 6. The second-order valence-electron chi connectivity index (χ2n) is 5.45. The van der Waals surface area contributed by atoms with Gasteiger partial charge in [-0.2, -0.15) is 0 Å². The van der Waals surface area contributed by atoms with Crippen LogP contribution >= 0.6 is 0 Å². The summed E-state index contributed by atoms with van der Waals surface area (Å²) in [6.45, 7) is 2.48. The van der Waals surface area contributed by atoms with Gasteiger partial charge in [-0.3, -0.25) is 4.98 Å². The van der Waals surface area contributed by atoms with Crippen LogP contribution < -0.4 is 4.74 Å². The molecule has 0 unspecified atom stereocenters. The summed E-state index contributed by atoms with van der Waals surface area (Å²) in [6.07, 6.45) is 4.54. The molecule has 0 bridgehead atoms. The zero-order valence-corrected chi connectivity index (χ0v) is 13.9. The number of ether oxygens (including phenoxy) is 2. The molecule has 0 aliphatic heterocycles. The van der Waals surface area contributed by atoms with Gasteiger partial charge in [0.05, 0.1) is 22.9 Å². The van der Waals surface area contributed by atoms with Crippen molar-refractivity contribution in [3.05, 3.63) is 72.1 Å². The van der Waals surface area contributed by atoms with E-state index in [0.717, 1.165) is 22.3 Å². The maximum atomic E-state index is 11.7. The molecule has 0 amide bonds. The van der Waals surface area contributed by atoms with E-state index >= 15 is 0 Å². The first kappa shape index (κ1) is 16.6. The van der Waals surface area contributed by atoms with Crippen LogP contribution in [0.5, 0.6) is 5.75 Å². The molecule has 3 rings (SSSR count). The Morgan fingerprint density at radius 2 is 1.92 bits per heavy atom. The van der Waals surface area contributed by atoms with Crippen LogP contribution in [0.4, 0.5) is 0 Å². The normalized spacial score (nSPS) is 10.9. The van der Waals surface area contributed by atoms with Gasteiger partial charge in [-0.25, -0.2) is 9.78 Å². The molecule has 2 aromatic carbocycles. The van der Waals surface area contributed by atoms with Crippen molar-refractivity contribution in [2.75, 3.05) is 13.2 Å². The number of esters is 1. The number of hydrogen-bond acceptors (Lipinski definition) is 5. The Bertz CT molecular complexity index is 906. The van der Waals surface area contributed by atoms with Crippen molar-refractivity contribution >= 4 is 23.1 Å². The van der Waals surface area contributed by atoms with E-state index in [-0.39, 0.29) is 6.61 Å². The first-order chi connectivity index (χ1) is 12.2. The second-order valence-corrected chi connectivity index (χ2v) is 5.45. The summed E-state index contributed by atoms with van der Waals surface area (Å²) in [6, 6.07) is 15.3. The third kappa shape index (κ3) is 4.88. The third-order valence-electron chi connectivity index (χ3n) is 3.44. The molecule has 0 N–H and O–H groups in total. The zero-order chi connectivity index (χ0) is 17.5. The fourth-order valence-electron chi connectivity index (χ4n) is 2.26. The predicted octanol–water partition coefficient (Wildman–Crippen LogP) is 3.57. The minimum atomic E-state index is -0.442. The number of benzene rings is 2. The van der Waals surface area contributed by atoms with Gasteiger partial charge in [-0.15, -0.1) is 0 Å². The summed E-state index contributed by atoms with van der Waals surface area (Å²) >= 11 is 0. The molecule has 0 saturated carbocycles. The minimum Gasteiger partial charge on any atom is -0.490 e. The highest BCUT2D eigenvalue weighted by atomic mass is 16.6. The standard InChI is InChI=1S/C20H18N2O3/c1-15-5-4-6-17(13-15)24-11-12-25-20(23)10-9-16-14-21-18-7-2-3-8-19(18)22-16/h2-10,13-14H,11-12H2,1H3/b10-9+. The quantitative estimate of drug-likeness (QED) is 0.392. The molecular formula is C20H18N2O3. The van der Waals surface area contributed by atoms with E-state index in [9.17, 15) is 4.79 Å². The summed E-state index contributed by atoms with van der Waals surface area (Å²) in [5.74, 6) is 0.320. The summed E-state index contributed by atoms with van der Waals surface area (Å²) in [5, 5.41) is 0. The van der Waals surface area contributed by atoms with Crippen molar-refractivity contribution in [3.63, 3.8) is 0 Å². The zero-order valence-electron chi connectivity index (χ0n) is 13.9. The maximum absolute atomic E-state index is 11.7. The molecule has 3 aromatic rings. The molecule has 0 spiro atoms. The number of nitrogens with zero attached hydrogens (tertiary/aromatic N) is 2. The Morgan fingerprint density at radius 1 is 1.08 bits per heavy atom. The first-order valence-corrected chi connectivity index (χ1v) is 7.97. The van der Waals surface area contributed by atoms with Crippen LogP contribution in [0.3, 0.4) is 0 Å². The lowest BCUT2D eigenvalue weighted by Gasteiger charge is -2.06. The summed E-state index contributed by atoms with van der Waals surface area (Å²) in [4.78, 5) is 20.4. The number of aryl methyl sites for hydroxylation is 1. The lowest BCUT2D eigenvalue weighted by molar-refractivity contribution is -0.138. The van der Waals surface area contributed by atoms with E-state index in [1.54, 1.807) is 12.3 Å². The van der Waals surface area contributed by atoms with Gasteiger partial charge < -0.3 is 9.47 Å². The van der Waals surface area contributed by atoms with Gasteiger partial charge in [0, 0.05) is 6.08 Å². The van der Waals surface area contributed by atoms with Crippen LogP contribution in [0.2, 0.25) is 0 Å². The van der Waals surface area contributed by atoms with Gasteiger partial charge in [0.2, 0.25) is 0 Å².